The first kappa shape index (κ1) is 13.7. The summed E-state index contributed by atoms with van der Waals surface area (Å²) in [6.07, 6.45) is 6.62. The van der Waals surface area contributed by atoms with Gasteiger partial charge in [0.1, 0.15) is 6.04 Å². The molecule has 4 nitrogen and oxygen atoms in total. The molecule has 18 heavy (non-hydrogen) atoms. The molecule has 0 spiro atoms. The topological polar surface area (TPSA) is 66.4 Å². The van der Waals surface area contributed by atoms with E-state index < -0.39 is 12.0 Å². The maximum absolute atomic E-state index is 10.8. The zero-order valence-electron chi connectivity index (χ0n) is 10.5. The number of amides is 1. The molecule has 2 N–H and O–H groups in total. The molecular weight excluding hydrogens is 250 g/mol. The van der Waals surface area contributed by atoms with Crippen LogP contribution in [0.25, 0.3) is 0 Å². The van der Waals surface area contributed by atoms with Gasteiger partial charge in [-0.15, -0.1) is 0 Å². The fraction of sp³-hybridized carbons (Fsp3) is 0.846. The van der Waals surface area contributed by atoms with Gasteiger partial charge in [0.15, 0.2) is 0 Å². The van der Waals surface area contributed by atoms with E-state index in [1.54, 1.807) is 0 Å². The van der Waals surface area contributed by atoms with Crippen LogP contribution in [0.4, 0.5) is 0 Å². The van der Waals surface area contributed by atoms with E-state index in [2.05, 4.69) is 5.32 Å². The fourth-order valence-electron chi connectivity index (χ4n) is 3.38. The number of rotatable bonds is 8. The summed E-state index contributed by atoms with van der Waals surface area (Å²) < 4.78 is 0. The number of carbonyl (C=O) groups is 2. The van der Waals surface area contributed by atoms with Crippen molar-refractivity contribution in [3.63, 3.8) is 0 Å². The molecule has 4 atom stereocenters. The SMILES string of the molecule is O=CNC(CCSCC1CC2CCC1C2)C(=O)O. The fourth-order valence-corrected chi connectivity index (χ4v) is 4.66. The van der Waals surface area contributed by atoms with Gasteiger partial charge in [-0.05, 0) is 54.9 Å². The summed E-state index contributed by atoms with van der Waals surface area (Å²) >= 11 is 1.84. The van der Waals surface area contributed by atoms with Crippen LogP contribution in [0, 0.1) is 17.8 Å². The van der Waals surface area contributed by atoms with Gasteiger partial charge in [0.05, 0.1) is 0 Å². The van der Waals surface area contributed by atoms with Crippen molar-refractivity contribution in [2.75, 3.05) is 11.5 Å². The zero-order valence-corrected chi connectivity index (χ0v) is 11.3. The molecule has 2 aliphatic rings. The molecule has 2 rings (SSSR count). The molecule has 0 radical (unpaired) electrons. The second-order valence-electron chi connectivity index (χ2n) is 5.47. The van der Waals surface area contributed by atoms with Crippen molar-refractivity contribution in [2.24, 2.45) is 17.8 Å². The third-order valence-corrected chi connectivity index (χ3v) is 5.52. The third-order valence-electron chi connectivity index (χ3n) is 4.33. The van der Waals surface area contributed by atoms with Gasteiger partial charge in [0, 0.05) is 0 Å². The van der Waals surface area contributed by atoms with E-state index in [-0.39, 0.29) is 0 Å². The molecule has 0 saturated heterocycles. The summed E-state index contributed by atoms with van der Waals surface area (Å²) in [5.74, 6) is 3.80. The predicted molar refractivity (Wildman–Crippen MR) is 71.5 cm³/mol. The molecule has 1 amide bonds. The van der Waals surface area contributed by atoms with Gasteiger partial charge in [-0.2, -0.15) is 11.8 Å². The number of thioether (sulfide) groups is 1. The Hall–Kier alpha value is -0.710. The van der Waals surface area contributed by atoms with E-state index in [9.17, 15) is 9.59 Å². The van der Waals surface area contributed by atoms with Crippen molar-refractivity contribution in [2.45, 2.75) is 38.1 Å². The van der Waals surface area contributed by atoms with Crippen molar-refractivity contribution >= 4 is 24.1 Å². The highest BCUT2D eigenvalue weighted by atomic mass is 32.2. The standard InChI is InChI=1S/C13H21NO3S/c15-8-14-12(13(16)17)3-4-18-7-11-6-9-1-2-10(11)5-9/h8-12H,1-7H2,(H,14,15)(H,16,17). The van der Waals surface area contributed by atoms with Gasteiger partial charge in [-0.3, -0.25) is 4.79 Å². The highest BCUT2D eigenvalue weighted by molar-refractivity contribution is 7.99. The Morgan fingerprint density at radius 1 is 1.44 bits per heavy atom. The highest BCUT2D eigenvalue weighted by Crippen LogP contribution is 2.49. The number of carboxylic acids is 1. The van der Waals surface area contributed by atoms with E-state index in [4.69, 9.17) is 5.11 Å². The first-order valence-electron chi connectivity index (χ1n) is 6.71. The molecule has 5 heteroatoms. The van der Waals surface area contributed by atoms with Crippen LogP contribution in [0.5, 0.6) is 0 Å². The second-order valence-corrected chi connectivity index (χ2v) is 6.62. The van der Waals surface area contributed by atoms with Gasteiger partial charge >= 0.3 is 5.97 Å². The van der Waals surface area contributed by atoms with Crippen molar-refractivity contribution in [3.8, 4) is 0 Å². The smallest absolute Gasteiger partial charge is 0.326 e. The number of carbonyl (C=O) groups excluding carboxylic acids is 1. The van der Waals surface area contributed by atoms with Gasteiger partial charge in [-0.1, -0.05) is 6.42 Å². The van der Waals surface area contributed by atoms with Gasteiger partial charge < -0.3 is 10.4 Å². The molecule has 0 aromatic carbocycles. The van der Waals surface area contributed by atoms with Crippen LogP contribution in [0.2, 0.25) is 0 Å². The summed E-state index contributed by atoms with van der Waals surface area (Å²) in [5.41, 5.74) is 0. The third kappa shape index (κ3) is 3.40. The minimum atomic E-state index is -0.942. The number of nitrogens with one attached hydrogen (secondary N) is 1. The van der Waals surface area contributed by atoms with Crippen LogP contribution >= 0.6 is 11.8 Å². The summed E-state index contributed by atoms with van der Waals surface area (Å²) in [4.78, 5) is 21.1. The lowest BCUT2D eigenvalue weighted by atomic mass is 9.90. The van der Waals surface area contributed by atoms with Crippen molar-refractivity contribution in [1.29, 1.82) is 0 Å². The van der Waals surface area contributed by atoms with Crippen molar-refractivity contribution in [3.05, 3.63) is 0 Å². The molecule has 0 aliphatic heterocycles. The number of hydrogen-bond acceptors (Lipinski definition) is 3. The van der Waals surface area contributed by atoms with Crippen LogP contribution in [0.1, 0.15) is 32.1 Å². The number of carboxylic acid groups (broad SMARTS) is 1. The maximum Gasteiger partial charge on any atom is 0.326 e. The van der Waals surface area contributed by atoms with Gasteiger partial charge in [-0.25, -0.2) is 4.79 Å². The summed E-state index contributed by atoms with van der Waals surface area (Å²) in [6.45, 7) is 0. The van der Waals surface area contributed by atoms with Crippen LogP contribution in [0.3, 0.4) is 0 Å². The molecule has 0 heterocycles. The lowest BCUT2D eigenvalue weighted by Crippen LogP contribution is -2.36. The van der Waals surface area contributed by atoms with Crippen LogP contribution in [0.15, 0.2) is 0 Å². The number of aliphatic carboxylic acids is 1. The Bertz CT molecular complexity index is 311. The molecular formula is C13H21NO3S. The van der Waals surface area contributed by atoms with E-state index >= 15 is 0 Å². The molecule has 102 valence electrons. The Balaban J connectivity index is 1.60. The van der Waals surface area contributed by atoms with E-state index in [0.29, 0.717) is 12.8 Å². The monoisotopic (exact) mass is 271 g/mol. The largest absolute Gasteiger partial charge is 0.480 e. The minimum absolute atomic E-state index is 0.472. The highest BCUT2D eigenvalue weighted by Gasteiger charge is 2.38. The first-order chi connectivity index (χ1) is 8.70. The molecule has 2 fully saturated rings. The van der Waals surface area contributed by atoms with Crippen molar-refractivity contribution < 1.29 is 14.7 Å². The summed E-state index contributed by atoms with van der Waals surface area (Å²) in [5, 5.41) is 11.2. The minimum Gasteiger partial charge on any atom is -0.480 e. The zero-order chi connectivity index (χ0) is 13.0. The Kier molecular flexibility index (Phi) is 4.92. The Morgan fingerprint density at radius 3 is 2.83 bits per heavy atom. The quantitative estimate of drug-likeness (QED) is 0.521. The second kappa shape index (κ2) is 6.45. The Labute approximate surface area is 112 Å². The molecule has 2 bridgehead atoms. The molecule has 0 aromatic heterocycles. The van der Waals surface area contributed by atoms with E-state index in [1.165, 1.54) is 25.7 Å². The number of fused-ring (bicyclic) bond motifs is 2. The molecule has 2 aliphatic carbocycles. The molecule has 0 aromatic rings. The van der Waals surface area contributed by atoms with Crippen LogP contribution < -0.4 is 5.32 Å². The van der Waals surface area contributed by atoms with Gasteiger partial charge in [0.2, 0.25) is 6.41 Å². The van der Waals surface area contributed by atoms with Crippen LogP contribution in [-0.4, -0.2) is 35.0 Å². The van der Waals surface area contributed by atoms with Gasteiger partial charge in [0.25, 0.3) is 0 Å². The average Bonchev–Trinajstić information content (AvgIpc) is 2.94. The van der Waals surface area contributed by atoms with E-state index in [1.807, 2.05) is 11.8 Å². The molecule has 4 unspecified atom stereocenters. The normalized spacial score (nSPS) is 31.2. The first-order valence-corrected chi connectivity index (χ1v) is 7.86. The summed E-state index contributed by atoms with van der Waals surface area (Å²) in [6, 6.07) is -0.727. The predicted octanol–water partition coefficient (Wildman–Crippen LogP) is 1.75. The van der Waals surface area contributed by atoms with Crippen LogP contribution in [-0.2, 0) is 9.59 Å². The maximum atomic E-state index is 10.8. The number of hydrogen-bond donors (Lipinski definition) is 2. The lowest BCUT2D eigenvalue weighted by Gasteiger charge is -2.21. The Morgan fingerprint density at radius 2 is 2.28 bits per heavy atom. The lowest BCUT2D eigenvalue weighted by molar-refractivity contribution is -0.140. The molecule has 2 saturated carbocycles. The average molecular weight is 271 g/mol. The summed E-state index contributed by atoms with van der Waals surface area (Å²) in [7, 11) is 0. The van der Waals surface area contributed by atoms with E-state index in [0.717, 1.165) is 29.3 Å². The van der Waals surface area contributed by atoms with Crippen molar-refractivity contribution in [1.82, 2.24) is 5.32 Å².